The van der Waals surface area contributed by atoms with Gasteiger partial charge in [-0.2, -0.15) is 13.2 Å². The maximum atomic E-state index is 10.6. The summed E-state index contributed by atoms with van der Waals surface area (Å²) in [4.78, 5) is 13.2. The molecule has 9 heteroatoms. The van der Waals surface area contributed by atoms with E-state index >= 15 is 0 Å². The Morgan fingerprint density at radius 3 is 2.40 bits per heavy atom. The quantitative estimate of drug-likeness (QED) is 0.707. The molecule has 6 nitrogen and oxygen atoms in total. The first-order chi connectivity index (χ1) is 14.3. The second kappa shape index (κ2) is 9.80. The number of ether oxygens (including phenoxy) is 2. The second-order valence-corrected chi connectivity index (χ2v) is 7.23. The van der Waals surface area contributed by atoms with E-state index in [1.54, 1.807) is 6.20 Å². The van der Waals surface area contributed by atoms with Gasteiger partial charge in [0.1, 0.15) is 18.1 Å². The van der Waals surface area contributed by atoms with E-state index in [-0.39, 0.29) is 0 Å². The summed E-state index contributed by atoms with van der Waals surface area (Å²) in [5.41, 5.74) is 1.27. The predicted octanol–water partition coefficient (Wildman–Crippen LogP) is 3.64. The standard InChI is InChI=1S/C19H22N2O2.C2HF3O2/c1-2-4-17(5-3-1)22-12-15-9-19(15)14-8-18(11-20-10-14)23-13-16-6-7-21-16;3-2(4,5)1(6)7/h1-5,8,10-11,15-16,19,21H,6-7,9,12-13H2;(H,6,7)/t15-,16+,19-;/m1./s1. The van der Waals surface area contributed by atoms with E-state index in [1.807, 2.05) is 36.5 Å². The van der Waals surface area contributed by atoms with Crippen LogP contribution in [0.3, 0.4) is 0 Å². The first-order valence-corrected chi connectivity index (χ1v) is 9.62. The molecule has 0 spiro atoms. The summed E-state index contributed by atoms with van der Waals surface area (Å²) < 4.78 is 43.4. The predicted molar refractivity (Wildman–Crippen MR) is 103 cm³/mol. The maximum absolute atomic E-state index is 10.6. The van der Waals surface area contributed by atoms with Crippen LogP contribution in [0.15, 0.2) is 48.8 Å². The summed E-state index contributed by atoms with van der Waals surface area (Å²) in [6, 6.07) is 12.7. The van der Waals surface area contributed by atoms with Crippen molar-refractivity contribution in [2.45, 2.75) is 31.0 Å². The van der Waals surface area contributed by atoms with Crippen molar-refractivity contribution in [2.24, 2.45) is 5.92 Å². The molecule has 2 fully saturated rings. The minimum absolute atomic E-state index is 0.506. The Labute approximate surface area is 172 Å². The van der Waals surface area contributed by atoms with Crippen LogP contribution in [0, 0.1) is 5.92 Å². The van der Waals surface area contributed by atoms with Gasteiger partial charge in [0.15, 0.2) is 0 Å². The average Bonchev–Trinajstić information content (AvgIpc) is 3.46. The van der Waals surface area contributed by atoms with Gasteiger partial charge in [-0.25, -0.2) is 4.79 Å². The lowest BCUT2D eigenvalue weighted by Gasteiger charge is -2.27. The van der Waals surface area contributed by atoms with E-state index in [0.29, 0.717) is 17.9 Å². The van der Waals surface area contributed by atoms with E-state index in [1.165, 1.54) is 18.4 Å². The largest absolute Gasteiger partial charge is 0.493 e. The highest BCUT2D eigenvalue weighted by molar-refractivity contribution is 5.73. The van der Waals surface area contributed by atoms with E-state index < -0.39 is 12.1 Å². The SMILES string of the molecule is O=C(O)C(F)(F)F.c1ccc(OC[C@H]2C[C@@H]2c2cncc(OC[C@@H]3CCN3)c2)cc1. The van der Waals surface area contributed by atoms with Crippen molar-refractivity contribution in [2.75, 3.05) is 19.8 Å². The number of aromatic nitrogens is 1. The Balaban J connectivity index is 0.000000318. The van der Waals surface area contributed by atoms with Crippen molar-refractivity contribution in [1.82, 2.24) is 10.3 Å². The molecule has 1 saturated carbocycles. The number of nitrogens with zero attached hydrogens (tertiary/aromatic N) is 1. The van der Waals surface area contributed by atoms with Crippen LogP contribution < -0.4 is 14.8 Å². The number of carboxylic acids is 1. The molecular formula is C21H23F3N2O4. The van der Waals surface area contributed by atoms with Gasteiger partial charge in [-0.15, -0.1) is 0 Å². The lowest BCUT2D eigenvalue weighted by atomic mass is 10.1. The van der Waals surface area contributed by atoms with Crippen LogP contribution in [0.1, 0.15) is 24.3 Å². The van der Waals surface area contributed by atoms with Crippen LogP contribution in [-0.2, 0) is 4.79 Å². The third-order valence-corrected chi connectivity index (χ3v) is 4.91. The molecule has 0 bridgehead atoms. The van der Waals surface area contributed by atoms with Crippen molar-refractivity contribution in [1.29, 1.82) is 0 Å². The van der Waals surface area contributed by atoms with Gasteiger partial charge in [0.25, 0.3) is 0 Å². The molecule has 2 aromatic rings. The molecular weight excluding hydrogens is 401 g/mol. The summed E-state index contributed by atoms with van der Waals surface area (Å²) in [7, 11) is 0. The van der Waals surface area contributed by atoms with Crippen molar-refractivity contribution in [3.63, 3.8) is 0 Å². The van der Waals surface area contributed by atoms with Gasteiger partial charge in [0, 0.05) is 18.2 Å². The summed E-state index contributed by atoms with van der Waals surface area (Å²) >= 11 is 0. The minimum atomic E-state index is -5.08. The molecule has 1 aliphatic heterocycles. The fraction of sp³-hybridized carbons (Fsp3) is 0.429. The monoisotopic (exact) mass is 424 g/mol. The number of hydrogen-bond acceptors (Lipinski definition) is 5. The molecule has 30 heavy (non-hydrogen) atoms. The van der Waals surface area contributed by atoms with Gasteiger partial charge in [-0.05, 0) is 49.1 Å². The number of aliphatic carboxylic acids is 1. The molecule has 162 valence electrons. The number of nitrogens with one attached hydrogen (secondary N) is 1. The van der Waals surface area contributed by atoms with Crippen molar-refractivity contribution >= 4 is 5.97 Å². The Hall–Kier alpha value is -2.81. The van der Waals surface area contributed by atoms with Crippen LogP contribution in [0.25, 0.3) is 0 Å². The van der Waals surface area contributed by atoms with Gasteiger partial charge >= 0.3 is 12.1 Å². The van der Waals surface area contributed by atoms with Crippen LogP contribution >= 0.6 is 0 Å². The number of hydrogen-bond donors (Lipinski definition) is 2. The lowest BCUT2D eigenvalue weighted by Crippen LogP contribution is -2.46. The highest BCUT2D eigenvalue weighted by Gasteiger charge is 2.39. The number of benzene rings is 1. The third kappa shape index (κ3) is 6.62. The minimum Gasteiger partial charge on any atom is -0.493 e. The normalized spacial score (nSPS) is 22.2. The number of rotatable bonds is 7. The molecule has 2 heterocycles. The molecule has 1 saturated heterocycles. The Morgan fingerprint density at radius 2 is 1.80 bits per heavy atom. The fourth-order valence-corrected chi connectivity index (χ4v) is 2.96. The van der Waals surface area contributed by atoms with E-state index in [4.69, 9.17) is 19.4 Å². The van der Waals surface area contributed by atoms with Gasteiger partial charge in [0.2, 0.25) is 0 Å². The van der Waals surface area contributed by atoms with Crippen LogP contribution in [0.4, 0.5) is 13.2 Å². The zero-order chi connectivity index (χ0) is 21.6. The van der Waals surface area contributed by atoms with Gasteiger partial charge in [-0.3, -0.25) is 4.98 Å². The smallest absolute Gasteiger partial charge is 0.490 e. The first-order valence-electron chi connectivity index (χ1n) is 9.62. The van der Waals surface area contributed by atoms with E-state index in [2.05, 4.69) is 16.4 Å². The van der Waals surface area contributed by atoms with Crippen LogP contribution in [0.2, 0.25) is 0 Å². The third-order valence-electron chi connectivity index (χ3n) is 4.91. The number of alkyl halides is 3. The number of para-hydroxylation sites is 1. The van der Waals surface area contributed by atoms with E-state index in [9.17, 15) is 13.2 Å². The van der Waals surface area contributed by atoms with Gasteiger partial charge in [0.05, 0.1) is 12.8 Å². The molecule has 0 amide bonds. The van der Waals surface area contributed by atoms with Crippen LogP contribution in [0.5, 0.6) is 11.5 Å². The summed E-state index contributed by atoms with van der Waals surface area (Å²) in [6.07, 6.45) is 1.05. The topological polar surface area (TPSA) is 80.7 Å². The van der Waals surface area contributed by atoms with Crippen molar-refractivity contribution in [3.05, 3.63) is 54.4 Å². The molecule has 1 aliphatic carbocycles. The van der Waals surface area contributed by atoms with Gasteiger partial charge in [-0.1, -0.05) is 18.2 Å². The zero-order valence-electron chi connectivity index (χ0n) is 16.1. The maximum Gasteiger partial charge on any atom is 0.490 e. The molecule has 3 atom stereocenters. The number of carboxylic acid groups (broad SMARTS) is 1. The van der Waals surface area contributed by atoms with Crippen molar-refractivity contribution in [3.8, 4) is 11.5 Å². The number of halogens is 3. The molecule has 4 rings (SSSR count). The summed E-state index contributed by atoms with van der Waals surface area (Å²) in [5.74, 6) is 0.205. The first kappa shape index (κ1) is 21.9. The Bertz CT molecular complexity index is 829. The average molecular weight is 424 g/mol. The van der Waals surface area contributed by atoms with E-state index in [0.717, 1.165) is 31.3 Å². The van der Waals surface area contributed by atoms with Gasteiger partial charge < -0.3 is 19.9 Å². The molecule has 2 aliphatic rings. The Kier molecular flexibility index (Phi) is 7.15. The summed E-state index contributed by atoms with van der Waals surface area (Å²) in [6.45, 7) is 2.61. The van der Waals surface area contributed by atoms with Crippen molar-refractivity contribution < 1.29 is 32.5 Å². The Morgan fingerprint density at radius 1 is 1.13 bits per heavy atom. The number of pyridine rings is 1. The molecule has 2 N–H and O–H groups in total. The molecule has 1 aromatic carbocycles. The lowest BCUT2D eigenvalue weighted by molar-refractivity contribution is -0.192. The molecule has 0 unspecified atom stereocenters. The highest BCUT2D eigenvalue weighted by Crippen LogP contribution is 2.47. The highest BCUT2D eigenvalue weighted by atomic mass is 19.4. The molecule has 1 aromatic heterocycles. The van der Waals surface area contributed by atoms with Crippen LogP contribution in [-0.4, -0.2) is 48.0 Å². The fourth-order valence-electron chi connectivity index (χ4n) is 2.96. The summed E-state index contributed by atoms with van der Waals surface area (Å²) in [5, 5.41) is 10.5. The second-order valence-electron chi connectivity index (χ2n) is 7.23. The molecule has 0 radical (unpaired) electrons. The number of carbonyl (C=O) groups is 1. The zero-order valence-corrected chi connectivity index (χ0v) is 16.1.